The molecule has 0 saturated heterocycles. The second kappa shape index (κ2) is 5.08. The molecule has 0 spiro atoms. The summed E-state index contributed by atoms with van der Waals surface area (Å²) in [4.78, 5) is 0. The van der Waals surface area contributed by atoms with Crippen LogP contribution in [-0.2, 0) is 0 Å². The molecule has 0 atom stereocenters. The topological polar surface area (TPSA) is 101 Å². The number of nitriles is 1. The number of hydrogen-bond donors (Lipinski definition) is 2. The first kappa shape index (κ1) is 13.1. The maximum atomic E-state index is 9.08. The van der Waals surface area contributed by atoms with Gasteiger partial charge < -0.3 is 11.5 Å². The fraction of sp³-hybridized carbons (Fsp3) is 0.154. The molecule has 96 valence electrons. The van der Waals surface area contributed by atoms with Gasteiger partial charge in [-0.3, -0.25) is 0 Å². The minimum Gasteiger partial charge on any atom is -0.399 e. The van der Waals surface area contributed by atoms with Gasteiger partial charge in [-0.15, -0.1) is 10.2 Å². The van der Waals surface area contributed by atoms with E-state index < -0.39 is 0 Å². The normalized spacial score (nSPS) is 10.8. The van der Waals surface area contributed by atoms with Crippen LogP contribution in [0.1, 0.15) is 16.7 Å². The van der Waals surface area contributed by atoms with Gasteiger partial charge in [0, 0.05) is 11.3 Å². The summed E-state index contributed by atoms with van der Waals surface area (Å²) in [5.74, 6) is 0. The predicted molar refractivity (Wildman–Crippen MR) is 78.0 cm³/mol. The molecule has 0 bridgehead atoms. The van der Waals surface area contributed by atoms with Crippen molar-refractivity contribution in [2.24, 2.45) is 10.2 Å². The average molecular weight is 271 g/mol. The van der Waals surface area contributed by atoms with E-state index in [0.29, 0.717) is 21.3 Å². The number of thiophene rings is 1. The second-order valence-corrected chi connectivity index (χ2v) is 5.16. The minimum atomic E-state index is 0.486. The molecule has 1 heterocycles. The zero-order valence-corrected chi connectivity index (χ0v) is 11.5. The van der Waals surface area contributed by atoms with Crippen molar-refractivity contribution < 1.29 is 0 Å². The van der Waals surface area contributed by atoms with E-state index in [4.69, 9.17) is 16.7 Å². The fourth-order valence-electron chi connectivity index (χ4n) is 1.61. The Hall–Kier alpha value is -2.39. The third kappa shape index (κ3) is 2.56. The van der Waals surface area contributed by atoms with Gasteiger partial charge in [0.25, 0.3) is 0 Å². The number of rotatable bonds is 2. The highest BCUT2D eigenvalue weighted by Crippen LogP contribution is 2.37. The summed E-state index contributed by atoms with van der Waals surface area (Å²) in [6.07, 6.45) is 0. The van der Waals surface area contributed by atoms with Crippen LogP contribution < -0.4 is 11.5 Å². The summed E-state index contributed by atoms with van der Waals surface area (Å²) >= 11 is 1.26. The van der Waals surface area contributed by atoms with Gasteiger partial charge in [-0.05, 0) is 37.6 Å². The van der Waals surface area contributed by atoms with Crippen LogP contribution in [0.25, 0.3) is 0 Å². The Balaban J connectivity index is 2.38. The molecule has 4 N–H and O–H groups in total. The van der Waals surface area contributed by atoms with Gasteiger partial charge in [0.2, 0.25) is 0 Å². The van der Waals surface area contributed by atoms with E-state index in [0.717, 1.165) is 16.8 Å². The third-order valence-corrected chi connectivity index (χ3v) is 3.75. The molecule has 1 aromatic carbocycles. The Morgan fingerprint density at radius 2 is 1.95 bits per heavy atom. The number of anilines is 2. The summed E-state index contributed by atoms with van der Waals surface area (Å²) in [6, 6.07) is 7.49. The minimum absolute atomic E-state index is 0.486. The Labute approximate surface area is 115 Å². The van der Waals surface area contributed by atoms with Crippen molar-refractivity contribution in [3.63, 3.8) is 0 Å². The van der Waals surface area contributed by atoms with Crippen LogP contribution in [0.5, 0.6) is 0 Å². The smallest absolute Gasteiger partial charge is 0.158 e. The molecule has 5 nitrogen and oxygen atoms in total. The lowest BCUT2D eigenvalue weighted by Crippen LogP contribution is -1.84. The Kier molecular flexibility index (Phi) is 3.49. The predicted octanol–water partition coefficient (Wildman–Crippen LogP) is 3.82. The Morgan fingerprint density at radius 1 is 1.21 bits per heavy atom. The molecule has 2 aromatic rings. The molecule has 1 aromatic heterocycles. The highest BCUT2D eigenvalue weighted by atomic mass is 32.1. The van der Waals surface area contributed by atoms with Gasteiger partial charge in [0.15, 0.2) is 5.00 Å². The van der Waals surface area contributed by atoms with Crippen LogP contribution in [-0.4, -0.2) is 0 Å². The van der Waals surface area contributed by atoms with E-state index in [2.05, 4.69) is 16.3 Å². The highest BCUT2D eigenvalue weighted by Gasteiger charge is 2.12. The van der Waals surface area contributed by atoms with Crippen LogP contribution in [0.4, 0.5) is 21.4 Å². The summed E-state index contributed by atoms with van der Waals surface area (Å²) in [7, 11) is 0. The fourth-order valence-corrected chi connectivity index (χ4v) is 2.45. The zero-order chi connectivity index (χ0) is 14.0. The molecule has 0 fully saturated rings. The molecule has 0 aliphatic carbocycles. The van der Waals surface area contributed by atoms with Crippen LogP contribution in [0.15, 0.2) is 28.4 Å². The summed E-state index contributed by atoms with van der Waals surface area (Å²) in [5.41, 5.74) is 15.0. The first-order valence-electron chi connectivity index (χ1n) is 5.59. The SMILES string of the molecule is Cc1cc(N)ccc1/N=N/c1sc(N)c(C)c1C#N. The van der Waals surface area contributed by atoms with Crippen LogP contribution in [0, 0.1) is 25.2 Å². The average Bonchev–Trinajstić information content (AvgIpc) is 2.63. The Bertz CT molecular complexity index is 694. The molecule has 0 aliphatic rings. The quantitative estimate of drug-likeness (QED) is 0.641. The highest BCUT2D eigenvalue weighted by molar-refractivity contribution is 7.20. The summed E-state index contributed by atoms with van der Waals surface area (Å²) in [5, 5.41) is 18.5. The van der Waals surface area contributed by atoms with Crippen molar-refractivity contribution in [1.29, 1.82) is 5.26 Å². The van der Waals surface area contributed by atoms with E-state index in [1.807, 2.05) is 13.0 Å². The number of nitrogens with zero attached hydrogens (tertiary/aromatic N) is 3. The number of azo groups is 1. The maximum absolute atomic E-state index is 9.08. The van der Waals surface area contributed by atoms with E-state index in [-0.39, 0.29) is 0 Å². The van der Waals surface area contributed by atoms with E-state index in [1.54, 1.807) is 19.1 Å². The lowest BCUT2D eigenvalue weighted by molar-refractivity contribution is 1.22. The lowest BCUT2D eigenvalue weighted by atomic mass is 10.2. The van der Waals surface area contributed by atoms with Gasteiger partial charge in [-0.1, -0.05) is 11.3 Å². The molecule has 2 rings (SSSR count). The number of hydrogen-bond acceptors (Lipinski definition) is 6. The van der Waals surface area contributed by atoms with Crippen LogP contribution in [0.3, 0.4) is 0 Å². The zero-order valence-electron chi connectivity index (χ0n) is 10.6. The van der Waals surface area contributed by atoms with Gasteiger partial charge >= 0.3 is 0 Å². The van der Waals surface area contributed by atoms with Crippen molar-refractivity contribution >= 4 is 32.7 Å². The molecule has 0 saturated carbocycles. The molecule has 0 radical (unpaired) electrons. The first-order chi connectivity index (χ1) is 9.02. The molecule has 0 unspecified atom stereocenters. The monoisotopic (exact) mass is 271 g/mol. The first-order valence-corrected chi connectivity index (χ1v) is 6.41. The van der Waals surface area contributed by atoms with E-state index >= 15 is 0 Å². The standard InChI is InChI=1S/C13H13N5S/c1-7-5-9(15)3-4-11(7)17-18-13-10(6-14)8(2)12(16)19-13/h3-5H,15-16H2,1-2H3/b18-17+. The lowest BCUT2D eigenvalue weighted by Gasteiger charge is -1.99. The van der Waals surface area contributed by atoms with Crippen molar-refractivity contribution in [3.8, 4) is 6.07 Å². The molecular formula is C13H13N5S. The Morgan fingerprint density at radius 3 is 2.58 bits per heavy atom. The molecular weight excluding hydrogens is 258 g/mol. The largest absolute Gasteiger partial charge is 0.399 e. The van der Waals surface area contributed by atoms with Crippen molar-refractivity contribution in [2.45, 2.75) is 13.8 Å². The maximum Gasteiger partial charge on any atom is 0.158 e. The van der Waals surface area contributed by atoms with Crippen molar-refractivity contribution in [1.82, 2.24) is 0 Å². The number of benzene rings is 1. The van der Waals surface area contributed by atoms with Gasteiger partial charge in [0.05, 0.1) is 16.3 Å². The van der Waals surface area contributed by atoms with Crippen LogP contribution in [0.2, 0.25) is 0 Å². The molecule has 0 amide bonds. The van der Waals surface area contributed by atoms with Crippen molar-refractivity contribution in [3.05, 3.63) is 34.9 Å². The molecule has 6 heteroatoms. The third-order valence-electron chi connectivity index (χ3n) is 2.75. The molecule has 19 heavy (non-hydrogen) atoms. The van der Waals surface area contributed by atoms with Gasteiger partial charge in [0.1, 0.15) is 6.07 Å². The summed E-state index contributed by atoms with van der Waals surface area (Å²) < 4.78 is 0. The van der Waals surface area contributed by atoms with E-state index in [9.17, 15) is 0 Å². The van der Waals surface area contributed by atoms with Crippen LogP contribution >= 0.6 is 11.3 Å². The second-order valence-electron chi connectivity index (χ2n) is 4.13. The number of aryl methyl sites for hydroxylation is 1. The number of nitrogen functional groups attached to an aromatic ring is 2. The molecule has 0 aliphatic heterocycles. The summed E-state index contributed by atoms with van der Waals surface area (Å²) in [6.45, 7) is 3.71. The van der Waals surface area contributed by atoms with Gasteiger partial charge in [-0.25, -0.2) is 0 Å². The number of nitrogens with two attached hydrogens (primary N) is 2. The van der Waals surface area contributed by atoms with Gasteiger partial charge in [-0.2, -0.15) is 5.26 Å². The van der Waals surface area contributed by atoms with E-state index in [1.165, 1.54) is 11.3 Å². The van der Waals surface area contributed by atoms with Crippen molar-refractivity contribution in [2.75, 3.05) is 11.5 Å².